The molecule has 378 valence electrons. The molecule has 4 aliphatic heterocycles. The number of para-hydroxylation sites is 1. The van der Waals surface area contributed by atoms with Crippen LogP contribution in [0.2, 0.25) is 2.82 Å². The minimum Gasteiger partial charge on any atom is -0.456 e. The highest BCUT2D eigenvalue weighted by Gasteiger charge is 2.60. The third-order valence-electron chi connectivity index (χ3n) is 13.4. The lowest BCUT2D eigenvalue weighted by molar-refractivity contribution is -0.354. The van der Waals surface area contributed by atoms with E-state index in [0.717, 1.165) is 5.31 Å². The number of carbonyl (C=O) groups is 4. The summed E-state index contributed by atoms with van der Waals surface area (Å²) in [6, 6.07) is 14.6. The van der Waals surface area contributed by atoms with Crippen LogP contribution in [-0.2, 0) is 57.0 Å². The van der Waals surface area contributed by atoms with Crippen molar-refractivity contribution in [2.75, 3.05) is 12.6 Å². The van der Waals surface area contributed by atoms with Gasteiger partial charge >= 0.3 is 17.9 Å². The van der Waals surface area contributed by atoms with Crippen LogP contribution in [-0.4, -0.2) is 150 Å². The Morgan fingerprint density at radius 1 is 0.721 bits per heavy atom. The zero-order chi connectivity index (χ0) is 51.4. The number of nitrogens with one attached hydrogen (secondary N) is 2. The SMILES string of the molecule is [3H]N(CP)C1[C@H](OC2[C@H](C)OC(C(=O)Oc3ccccc3)[C@@](C)(O)[C@@H]2OC(C)=O)OC(CC)[C@@H](O[C@@H]2OC(C)[C@@H](O[C@@H]3OC(C(C)=O)[C@H](C)[C@H](C)C3OC(=O)c3ccccc3)[C@H](O)C2N([3H])CP)[C@@H]1C. The lowest BCUT2D eigenvalue weighted by Crippen LogP contribution is -2.70. The van der Waals surface area contributed by atoms with Crippen LogP contribution in [0.1, 0.15) is 79.1 Å². The van der Waals surface area contributed by atoms with Gasteiger partial charge in [-0.3, -0.25) is 9.59 Å². The second-order valence-corrected chi connectivity index (χ2v) is 19.0. The van der Waals surface area contributed by atoms with Crippen molar-refractivity contribution < 1.29 is 79.6 Å². The van der Waals surface area contributed by atoms with Crippen LogP contribution in [0.3, 0.4) is 0 Å². The van der Waals surface area contributed by atoms with Gasteiger partial charge in [0.05, 0.1) is 42.1 Å². The van der Waals surface area contributed by atoms with Crippen molar-refractivity contribution in [2.24, 2.45) is 17.8 Å². The Morgan fingerprint density at radius 2 is 1.29 bits per heavy atom. The summed E-state index contributed by atoms with van der Waals surface area (Å²) >= 11 is 0. The zero-order valence-electron chi connectivity index (χ0n) is 42.0. The molecule has 18 nitrogen and oxygen atoms in total. The smallest absolute Gasteiger partial charge is 0.343 e. The van der Waals surface area contributed by atoms with Gasteiger partial charge in [-0.2, -0.15) is 0 Å². The molecule has 4 heterocycles. The normalized spacial score (nSPS) is 40.2. The highest BCUT2D eigenvalue weighted by atomic mass is 31.0. The summed E-state index contributed by atoms with van der Waals surface area (Å²) in [6.07, 6.45) is -15.6. The van der Waals surface area contributed by atoms with Crippen LogP contribution >= 0.6 is 18.5 Å². The molecule has 0 amide bonds. The molecule has 4 saturated heterocycles. The predicted molar refractivity (Wildman–Crippen MR) is 252 cm³/mol. The van der Waals surface area contributed by atoms with E-state index in [4.69, 9.17) is 50.2 Å². The molecule has 0 aliphatic carbocycles. The second kappa shape index (κ2) is 23.9. The molecule has 20 heteroatoms. The molecule has 10 unspecified atom stereocenters. The predicted octanol–water partition coefficient (Wildman–Crippen LogP) is 3.49. The van der Waals surface area contributed by atoms with Crippen LogP contribution in [0.4, 0.5) is 0 Å². The van der Waals surface area contributed by atoms with Crippen molar-refractivity contribution in [3.8, 4) is 5.75 Å². The average molecular weight is 997 g/mol. The summed E-state index contributed by atoms with van der Waals surface area (Å²) < 4.78 is 80.9. The van der Waals surface area contributed by atoms with E-state index in [1.165, 1.54) is 26.1 Å². The van der Waals surface area contributed by atoms with Crippen molar-refractivity contribution in [3.63, 3.8) is 0 Å². The van der Waals surface area contributed by atoms with Gasteiger partial charge in [0, 0.05) is 31.3 Å². The Morgan fingerprint density at radius 3 is 1.90 bits per heavy atom. The fraction of sp³-hybridized carbons (Fsp3) is 0.667. The number of carbonyl (C=O) groups excluding carboxylic acids is 4. The summed E-state index contributed by atoms with van der Waals surface area (Å²) in [6.45, 7) is 14.5. The molecular weight excluding hydrogens is 922 g/mol. The molecule has 4 fully saturated rings. The maximum Gasteiger partial charge on any atom is 0.343 e. The van der Waals surface area contributed by atoms with E-state index in [0.29, 0.717) is 12.0 Å². The summed E-state index contributed by atoms with van der Waals surface area (Å²) in [5.41, 5.74) is -1.86. The van der Waals surface area contributed by atoms with E-state index in [1.54, 1.807) is 74.5 Å². The van der Waals surface area contributed by atoms with Gasteiger partial charge < -0.3 is 68.2 Å². The van der Waals surface area contributed by atoms with Gasteiger partial charge in [0.25, 0.3) is 0 Å². The number of rotatable bonds is 17. The third-order valence-corrected chi connectivity index (χ3v) is 13.8. The highest BCUT2D eigenvalue weighted by molar-refractivity contribution is 7.16. The maximum atomic E-state index is 13.5. The number of ether oxygens (including phenoxy) is 10. The molecule has 4 aliphatic rings. The number of hydrogen-bond donors (Lipinski definition) is 4. The summed E-state index contributed by atoms with van der Waals surface area (Å²) in [7, 11) is 4.94. The fourth-order valence-corrected chi connectivity index (χ4v) is 10.0. The number of aliphatic hydroxyl groups is 2. The van der Waals surface area contributed by atoms with E-state index in [2.05, 4.69) is 18.5 Å². The number of Topliss-reactive ketones (excluding diaryl/α,β-unsaturated/α-hetero) is 1. The molecule has 22 atom stereocenters. The first-order valence-corrected chi connectivity index (χ1v) is 24.9. The Balaban J connectivity index is 1.23. The van der Waals surface area contributed by atoms with Gasteiger partial charge in [0.15, 0.2) is 43.0 Å². The van der Waals surface area contributed by atoms with E-state index in [1.807, 2.05) is 27.7 Å². The Kier molecular flexibility index (Phi) is 18.0. The first kappa shape index (κ1) is 51.3. The van der Waals surface area contributed by atoms with Crippen molar-refractivity contribution in [2.45, 2.75) is 172 Å². The minimum absolute atomic E-state index is 0.0457. The van der Waals surface area contributed by atoms with Crippen molar-refractivity contribution in [1.29, 1.82) is 0 Å². The van der Waals surface area contributed by atoms with Gasteiger partial charge in [-0.25, -0.2) is 9.59 Å². The minimum atomic E-state index is -2.17. The molecule has 0 saturated carbocycles. The Hall–Kier alpha value is -3.06. The summed E-state index contributed by atoms with van der Waals surface area (Å²) in [5, 5.41) is 26.6. The first-order valence-electron chi connectivity index (χ1n) is 24.1. The molecule has 6 rings (SSSR count). The Labute approximate surface area is 406 Å². The third kappa shape index (κ3) is 12.2. The molecule has 2 aromatic rings. The molecule has 4 N–H and O–H groups in total. The maximum absolute atomic E-state index is 13.5. The van der Waals surface area contributed by atoms with Gasteiger partial charge in [-0.05, 0) is 64.3 Å². The summed E-state index contributed by atoms with van der Waals surface area (Å²) in [5.74, 6) is -3.70. The van der Waals surface area contributed by atoms with Crippen LogP contribution in [0.25, 0.3) is 0 Å². The molecule has 0 radical (unpaired) electrons. The fourth-order valence-electron chi connectivity index (χ4n) is 9.55. The molecule has 0 bridgehead atoms. The van der Waals surface area contributed by atoms with Crippen LogP contribution in [0, 0.1) is 17.8 Å². The van der Waals surface area contributed by atoms with Crippen LogP contribution < -0.4 is 15.4 Å². The van der Waals surface area contributed by atoms with Crippen molar-refractivity contribution in [3.05, 3.63) is 66.2 Å². The zero-order valence-corrected chi connectivity index (χ0v) is 42.3. The van der Waals surface area contributed by atoms with Gasteiger partial charge in [-0.15, -0.1) is 18.5 Å². The number of ketones is 1. The van der Waals surface area contributed by atoms with Gasteiger partial charge in [0.2, 0.25) is 0 Å². The Bertz CT molecular complexity index is 2070. The van der Waals surface area contributed by atoms with Gasteiger partial charge in [-0.1, -0.05) is 64.1 Å². The molecule has 0 spiro atoms. The number of esters is 3. The second-order valence-electron chi connectivity index (χ2n) is 18.2. The molecule has 2 aromatic carbocycles. The number of aliphatic hydroxyl groups excluding tert-OH is 1. The monoisotopic (exact) mass is 996 g/mol. The van der Waals surface area contributed by atoms with E-state index >= 15 is 0 Å². The van der Waals surface area contributed by atoms with E-state index in [-0.39, 0.29) is 30.0 Å². The topological polar surface area (TPSA) is 225 Å². The molecular formula is C48H70N2O16P2. The van der Waals surface area contributed by atoms with Crippen LogP contribution in [0.15, 0.2) is 60.7 Å². The van der Waals surface area contributed by atoms with E-state index < -0.39 is 133 Å². The first-order chi connectivity index (χ1) is 33.1. The molecule has 0 aromatic heterocycles. The number of benzene rings is 2. The van der Waals surface area contributed by atoms with Crippen LogP contribution in [0.5, 0.6) is 5.75 Å². The summed E-state index contributed by atoms with van der Waals surface area (Å²) in [4.78, 5) is 52.4. The quantitative estimate of drug-likeness (QED) is 0.101. The van der Waals surface area contributed by atoms with Gasteiger partial charge in [0.1, 0.15) is 38.6 Å². The standard InChI is InChI=1S/C48H70N2O16P2/c1-10-32-37(25(4)33(49-21-67)45(61-32)66-40-28(7)57-42(48(9,56)41(40)59-29(8)52)44(55)60-31-19-15-12-16-20-31)64-46-34(50-22-68)35(53)39(27(6)58-46)65-47-38(24(3)23(2)36(63-47)26(5)51)62-43(54)30-17-13-11-14-18-30/h11-20,23-25,27-28,32-42,45-47,49-50,53,56H,10,21-22,67-68H2,1-9H3/t23-,24+,25-,27?,28+,32?,33?,34?,35-,36?,37+,38?,39-,40?,41-,42?,45+,46+,47+,48+/m1/s1/i/hT2. The lowest BCUT2D eigenvalue weighted by Gasteiger charge is -2.52. The number of hydrogen-bond acceptors (Lipinski definition) is 18. The highest BCUT2D eigenvalue weighted by Crippen LogP contribution is 2.41. The lowest BCUT2D eigenvalue weighted by atomic mass is 9.82. The van der Waals surface area contributed by atoms with E-state index in [9.17, 15) is 29.4 Å². The molecule has 68 heavy (non-hydrogen) atoms. The average Bonchev–Trinajstić information content (AvgIpc) is 3.32. The van der Waals surface area contributed by atoms with Crippen molar-refractivity contribution >= 4 is 42.2 Å². The van der Waals surface area contributed by atoms with Crippen molar-refractivity contribution in [1.82, 2.24) is 10.6 Å². The largest absolute Gasteiger partial charge is 0.456 e.